The van der Waals surface area contributed by atoms with Crippen LogP contribution in [0.15, 0.2) is 24.3 Å². The van der Waals surface area contributed by atoms with Gasteiger partial charge < -0.3 is 10.2 Å². The fourth-order valence-corrected chi connectivity index (χ4v) is 1.93. The molecule has 0 atom stereocenters. The lowest BCUT2D eigenvalue weighted by Gasteiger charge is -2.26. The number of nitrogens with zero attached hydrogens (tertiary/aromatic N) is 1. The Morgan fingerprint density at radius 2 is 1.79 bits per heavy atom. The number of hydrogen-bond acceptors (Lipinski definition) is 2. The first-order valence-electron chi connectivity index (χ1n) is 7.02. The maximum Gasteiger partial charge on any atom is 0.223 e. The van der Waals surface area contributed by atoms with Crippen molar-refractivity contribution in [3.8, 4) is 0 Å². The summed E-state index contributed by atoms with van der Waals surface area (Å²) in [6.07, 6.45) is 0. The van der Waals surface area contributed by atoms with Crippen LogP contribution in [0.5, 0.6) is 0 Å². The maximum absolute atomic E-state index is 11.9. The predicted molar refractivity (Wildman–Crippen MR) is 82.6 cm³/mol. The minimum atomic E-state index is 0.0903. The molecule has 1 N–H and O–H groups in total. The van der Waals surface area contributed by atoms with E-state index in [0.29, 0.717) is 11.8 Å². The molecule has 1 aromatic carbocycles. The number of anilines is 2. The number of para-hydroxylation sites is 2. The lowest BCUT2D eigenvalue weighted by molar-refractivity contribution is -0.116. The van der Waals surface area contributed by atoms with Crippen molar-refractivity contribution in [1.29, 1.82) is 0 Å². The summed E-state index contributed by atoms with van der Waals surface area (Å²) in [6.45, 7) is 11.9. The molecule has 1 rings (SSSR count). The van der Waals surface area contributed by atoms with Crippen LogP contribution in [0.3, 0.4) is 0 Å². The lowest BCUT2D eigenvalue weighted by Crippen LogP contribution is -2.32. The molecular weight excluding hydrogens is 236 g/mol. The Morgan fingerprint density at radius 3 is 2.32 bits per heavy atom. The second kappa shape index (κ2) is 7.17. The highest BCUT2D eigenvalue weighted by atomic mass is 16.2. The van der Waals surface area contributed by atoms with Gasteiger partial charge in [-0.25, -0.2) is 0 Å². The van der Waals surface area contributed by atoms with Crippen LogP contribution < -0.4 is 10.2 Å². The first-order chi connectivity index (χ1) is 8.91. The van der Waals surface area contributed by atoms with E-state index in [1.807, 2.05) is 29.2 Å². The monoisotopic (exact) mass is 262 g/mol. The Hall–Kier alpha value is -1.51. The van der Waals surface area contributed by atoms with Gasteiger partial charge in [0.2, 0.25) is 5.91 Å². The fourth-order valence-electron chi connectivity index (χ4n) is 1.93. The van der Waals surface area contributed by atoms with Crippen molar-refractivity contribution >= 4 is 17.3 Å². The van der Waals surface area contributed by atoms with E-state index < -0.39 is 0 Å². The van der Waals surface area contributed by atoms with E-state index in [9.17, 15) is 4.79 Å². The molecule has 0 bridgehead atoms. The predicted octanol–water partition coefficient (Wildman–Crippen LogP) is 3.76. The average molecular weight is 262 g/mol. The Labute approximate surface area is 117 Å². The minimum absolute atomic E-state index is 0.0903. The van der Waals surface area contributed by atoms with Crippen LogP contribution in [-0.2, 0) is 4.79 Å². The maximum atomic E-state index is 11.9. The Bertz CT molecular complexity index is 413. The molecule has 0 saturated heterocycles. The minimum Gasteiger partial charge on any atom is -0.383 e. The summed E-state index contributed by atoms with van der Waals surface area (Å²) in [4.78, 5) is 13.7. The summed E-state index contributed by atoms with van der Waals surface area (Å²) in [5, 5.41) is 3.43. The quantitative estimate of drug-likeness (QED) is 0.846. The highest BCUT2D eigenvalue weighted by Gasteiger charge is 2.16. The number of rotatable bonds is 6. The molecule has 1 aromatic rings. The van der Waals surface area contributed by atoms with Gasteiger partial charge in [-0.2, -0.15) is 0 Å². The summed E-state index contributed by atoms with van der Waals surface area (Å²) in [5.41, 5.74) is 2.01. The number of nitrogens with one attached hydrogen (secondary N) is 1. The molecule has 106 valence electrons. The molecule has 0 aliphatic carbocycles. The van der Waals surface area contributed by atoms with Gasteiger partial charge in [0.25, 0.3) is 0 Å². The van der Waals surface area contributed by atoms with Crippen molar-refractivity contribution in [1.82, 2.24) is 0 Å². The molecule has 0 aromatic heterocycles. The molecule has 3 nitrogen and oxygen atoms in total. The van der Waals surface area contributed by atoms with Crippen molar-refractivity contribution in [2.24, 2.45) is 11.8 Å². The van der Waals surface area contributed by atoms with Crippen LogP contribution in [0.2, 0.25) is 0 Å². The smallest absolute Gasteiger partial charge is 0.223 e. The standard InChI is InChI=1S/C16H26N2O/c1-12(2)10-17-15-8-6-7-9-16(15)18(14(5)19)11-13(3)4/h6-9,12-13,17H,10-11H2,1-5H3. The Morgan fingerprint density at radius 1 is 1.16 bits per heavy atom. The molecular formula is C16H26N2O. The third kappa shape index (κ3) is 4.93. The zero-order valence-electron chi connectivity index (χ0n) is 12.7. The topological polar surface area (TPSA) is 32.3 Å². The Balaban J connectivity index is 2.98. The van der Waals surface area contributed by atoms with Gasteiger partial charge in [-0.3, -0.25) is 4.79 Å². The molecule has 0 heterocycles. The second-order valence-electron chi connectivity index (χ2n) is 5.82. The van der Waals surface area contributed by atoms with Crippen molar-refractivity contribution < 1.29 is 4.79 Å². The van der Waals surface area contributed by atoms with E-state index >= 15 is 0 Å². The number of carbonyl (C=O) groups excluding carboxylic acids is 1. The van der Waals surface area contributed by atoms with Crippen LogP contribution in [0.4, 0.5) is 11.4 Å². The van der Waals surface area contributed by atoms with Gasteiger partial charge in [0.15, 0.2) is 0 Å². The third-order valence-corrected chi connectivity index (χ3v) is 2.82. The zero-order chi connectivity index (χ0) is 14.4. The van der Waals surface area contributed by atoms with Crippen molar-refractivity contribution in [3.63, 3.8) is 0 Å². The summed E-state index contributed by atoms with van der Waals surface area (Å²) < 4.78 is 0. The molecule has 0 unspecified atom stereocenters. The highest BCUT2D eigenvalue weighted by Crippen LogP contribution is 2.26. The van der Waals surface area contributed by atoms with Gasteiger partial charge in [-0.15, -0.1) is 0 Å². The van der Waals surface area contributed by atoms with Crippen LogP contribution >= 0.6 is 0 Å². The number of carbonyl (C=O) groups is 1. The summed E-state index contributed by atoms with van der Waals surface area (Å²) in [5.74, 6) is 1.11. The second-order valence-corrected chi connectivity index (χ2v) is 5.82. The molecule has 1 amide bonds. The van der Waals surface area contributed by atoms with E-state index in [1.165, 1.54) is 0 Å². The zero-order valence-corrected chi connectivity index (χ0v) is 12.7. The van der Waals surface area contributed by atoms with E-state index in [2.05, 4.69) is 33.0 Å². The lowest BCUT2D eigenvalue weighted by atomic mass is 10.1. The molecule has 3 heteroatoms. The summed E-state index contributed by atoms with van der Waals surface area (Å²) in [7, 11) is 0. The Kier molecular flexibility index (Phi) is 5.87. The van der Waals surface area contributed by atoms with Crippen molar-refractivity contribution in [2.45, 2.75) is 34.6 Å². The highest BCUT2D eigenvalue weighted by molar-refractivity contribution is 5.95. The molecule has 0 radical (unpaired) electrons. The van der Waals surface area contributed by atoms with E-state index in [4.69, 9.17) is 0 Å². The first-order valence-corrected chi connectivity index (χ1v) is 7.02. The van der Waals surface area contributed by atoms with E-state index in [0.717, 1.165) is 24.5 Å². The molecule has 0 aliphatic heterocycles. The van der Waals surface area contributed by atoms with Gasteiger partial charge in [0.05, 0.1) is 11.4 Å². The van der Waals surface area contributed by atoms with Gasteiger partial charge in [0, 0.05) is 20.0 Å². The van der Waals surface area contributed by atoms with E-state index in [1.54, 1.807) is 6.92 Å². The fraction of sp³-hybridized carbons (Fsp3) is 0.562. The molecule has 0 aliphatic rings. The van der Waals surface area contributed by atoms with Gasteiger partial charge in [0.1, 0.15) is 0 Å². The third-order valence-electron chi connectivity index (χ3n) is 2.82. The van der Waals surface area contributed by atoms with Gasteiger partial charge in [-0.05, 0) is 24.0 Å². The molecule has 0 saturated carbocycles. The molecule has 19 heavy (non-hydrogen) atoms. The number of benzene rings is 1. The van der Waals surface area contributed by atoms with Crippen molar-refractivity contribution in [2.75, 3.05) is 23.3 Å². The van der Waals surface area contributed by atoms with Gasteiger partial charge >= 0.3 is 0 Å². The van der Waals surface area contributed by atoms with Crippen LogP contribution in [0.1, 0.15) is 34.6 Å². The molecule has 0 spiro atoms. The number of amides is 1. The molecule has 0 fully saturated rings. The van der Waals surface area contributed by atoms with Crippen LogP contribution in [0, 0.1) is 11.8 Å². The largest absolute Gasteiger partial charge is 0.383 e. The normalized spacial score (nSPS) is 10.9. The SMILES string of the molecule is CC(=O)N(CC(C)C)c1ccccc1NCC(C)C. The van der Waals surface area contributed by atoms with Crippen molar-refractivity contribution in [3.05, 3.63) is 24.3 Å². The van der Waals surface area contributed by atoms with E-state index in [-0.39, 0.29) is 5.91 Å². The number of hydrogen-bond donors (Lipinski definition) is 1. The van der Waals surface area contributed by atoms with Gasteiger partial charge in [-0.1, -0.05) is 39.8 Å². The average Bonchev–Trinajstić information content (AvgIpc) is 2.33. The first kappa shape index (κ1) is 15.5. The van der Waals surface area contributed by atoms with Crippen LogP contribution in [-0.4, -0.2) is 19.0 Å². The summed E-state index contributed by atoms with van der Waals surface area (Å²) >= 11 is 0. The van der Waals surface area contributed by atoms with Crippen LogP contribution in [0.25, 0.3) is 0 Å². The summed E-state index contributed by atoms with van der Waals surface area (Å²) in [6, 6.07) is 8.02.